The van der Waals surface area contributed by atoms with Gasteiger partial charge in [0.2, 0.25) is 10.0 Å². The molecule has 1 rings (SSSR count). The summed E-state index contributed by atoms with van der Waals surface area (Å²) in [4.78, 5) is 0.491. The SMILES string of the molecule is Cc1c(C)c(C)c(S(=O)(=O)N(C(C)C)C(C)C)c(C)c1C. The maximum absolute atomic E-state index is 13.2. The Morgan fingerprint density at radius 1 is 0.667 bits per heavy atom. The van der Waals surface area contributed by atoms with Crippen LogP contribution in [0.1, 0.15) is 55.5 Å². The van der Waals surface area contributed by atoms with Crippen LogP contribution in [0.2, 0.25) is 0 Å². The zero-order valence-electron chi connectivity index (χ0n) is 14.8. The Kier molecular flexibility index (Phi) is 5.27. The summed E-state index contributed by atoms with van der Waals surface area (Å²) in [6.45, 7) is 17.6. The van der Waals surface area contributed by atoms with E-state index in [4.69, 9.17) is 0 Å². The molecule has 4 heteroatoms. The van der Waals surface area contributed by atoms with Gasteiger partial charge in [0.25, 0.3) is 0 Å². The minimum Gasteiger partial charge on any atom is -0.207 e. The molecule has 0 atom stereocenters. The van der Waals surface area contributed by atoms with E-state index in [1.165, 1.54) is 5.56 Å². The molecule has 0 spiro atoms. The average Bonchev–Trinajstić information content (AvgIpc) is 2.32. The quantitative estimate of drug-likeness (QED) is 0.841. The molecule has 3 nitrogen and oxygen atoms in total. The van der Waals surface area contributed by atoms with Gasteiger partial charge in [0.05, 0.1) is 4.90 Å². The second-order valence-corrected chi connectivity index (χ2v) is 8.26. The highest BCUT2D eigenvalue weighted by Gasteiger charge is 2.33. The summed E-state index contributed by atoms with van der Waals surface area (Å²) in [6.07, 6.45) is 0. The van der Waals surface area contributed by atoms with Gasteiger partial charge in [-0.25, -0.2) is 8.42 Å². The smallest absolute Gasteiger partial charge is 0.207 e. The molecule has 0 saturated carbocycles. The summed E-state index contributed by atoms with van der Waals surface area (Å²) in [7, 11) is -3.49. The number of benzene rings is 1. The molecule has 0 fully saturated rings. The predicted octanol–water partition coefficient (Wildman–Crippen LogP) is 4.04. The molecule has 0 saturated heterocycles. The van der Waals surface area contributed by atoms with Crippen LogP contribution in [-0.2, 0) is 10.0 Å². The van der Waals surface area contributed by atoms with Crippen molar-refractivity contribution in [3.63, 3.8) is 0 Å². The van der Waals surface area contributed by atoms with Gasteiger partial charge in [0.15, 0.2) is 0 Å². The number of rotatable bonds is 4. The van der Waals surface area contributed by atoms with E-state index in [1.54, 1.807) is 4.31 Å². The summed E-state index contributed by atoms with van der Waals surface area (Å²) in [5, 5.41) is 0. The third kappa shape index (κ3) is 3.02. The van der Waals surface area contributed by atoms with Crippen LogP contribution in [0.15, 0.2) is 4.90 Å². The molecule has 0 N–H and O–H groups in total. The molecule has 1 aromatic carbocycles. The zero-order chi connectivity index (χ0) is 16.7. The first-order valence-electron chi connectivity index (χ1n) is 7.55. The lowest BCUT2D eigenvalue weighted by molar-refractivity contribution is 0.302. The molecule has 0 heterocycles. The fraction of sp³-hybridized carbons (Fsp3) is 0.647. The van der Waals surface area contributed by atoms with Gasteiger partial charge in [-0.05, 0) is 90.1 Å². The van der Waals surface area contributed by atoms with Gasteiger partial charge < -0.3 is 0 Å². The molecule has 0 aromatic heterocycles. The highest BCUT2D eigenvalue weighted by molar-refractivity contribution is 7.89. The van der Waals surface area contributed by atoms with E-state index < -0.39 is 10.0 Å². The Hall–Kier alpha value is -0.870. The van der Waals surface area contributed by atoms with Crippen molar-refractivity contribution in [2.45, 2.75) is 79.3 Å². The number of sulfonamides is 1. The summed E-state index contributed by atoms with van der Waals surface area (Å²) in [5.74, 6) is 0. The topological polar surface area (TPSA) is 37.4 Å². The first-order valence-corrected chi connectivity index (χ1v) is 8.99. The largest absolute Gasteiger partial charge is 0.244 e. The van der Waals surface area contributed by atoms with Gasteiger partial charge in [0, 0.05) is 12.1 Å². The van der Waals surface area contributed by atoms with Crippen LogP contribution in [0, 0.1) is 34.6 Å². The lowest BCUT2D eigenvalue weighted by atomic mass is 9.95. The Bertz CT molecular complexity index is 606. The monoisotopic (exact) mass is 311 g/mol. The second kappa shape index (κ2) is 6.09. The molecule has 21 heavy (non-hydrogen) atoms. The van der Waals surface area contributed by atoms with E-state index in [9.17, 15) is 8.42 Å². The van der Waals surface area contributed by atoms with Crippen molar-refractivity contribution in [2.75, 3.05) is 0 Å². The molecule has 0 radical (unpaired) electrons. The summed E-state index contributed by atoms with van der Waals surface area (Å²) in [6, 6.07) is -0.119. The van der Waals surface area contributed by atoms with E-state index in [-0.39, 0.29) is 12.1 Å². The van der Waals surface area contributed by atoms with Crippen molar-refractivity contribution >= 4 is 10.0 Å². The molecule has 120 valence electrons. The van der Waals surface area contributed by atoms with E-state index in [1.807, 2.05) is 55.4 Å². The molecular weight excluding hydrogens is 282 g/mol. The Labute approximate surface area is 130 Å². The number of hydrogen-bond acceptors (Lipinski definition) is 2. The predicted molar refractivity (Wildman–Crippen MR) is 89.4 cm³/mol. The van der Waals surface area contributed by atoms with Crippen LogP contribution in [0.4, 0.5) is 0 Å². The summed E-state index contributed by atoms with van der Waals surface area (Å²) >= 11 is 0. The number of nitrogens with zero attached hydrogens (tertiary/aromatic N) is 1. The van der Waals surface area contributed by atoms with Crippen LogP contribution >= 0.6 is 0 Å². The van der Waals surface area contributed by atoms with Gasteiger partial charge >= 0.3 is 0 Å². The van der Waals surface area contributed by atoms with Crippen LogP contribution in [-0.4, -0.2) is 24.8 Å². The van der Waals surface area contributed by atoms with Crippen LogP contribution in [0.3, 0.4) is 0 Å². The van der Waals surface area contributed by atoms with Gasteiger partial charge in [-0.1, -0.05) is 0 Å². The molecule has 0 aliphatic heterocycles. The zero-order valence-corrected chi connectivity index (χ0v) is 15.6. The Morgan fingerprint density at radius 3 is 1.24 bits per heavy atom. The first kappa shape index (κ1) is 18.2. The van der Waals surface area contributed by atoms with Crippen LogP contribution in [0.25, 0.3) is 0 Å². The van der Waals surface area contributed by atoms with Gasteiger partial charge in [-0.3, -0.25) is 0 Å². The fourth-order valence-corrected chi connectivity index (χ4v) is 5.51. The average molecular weight is 311 g/mol. The van der Waals surface area contributed by atoms with Crippen molar-refractivity contribution in [3.05, 3.63) is 27.8 Å². The van der Waals surface area contributed by atoms with E-state index in [0.717, 1.165) is 22.3 Å². The van der Waals surface area contributed by atoms with E-state index in [0.29, 0.717) is 4.90 Å². The first-order chi connectivity index (χ1) is 9.44. The van der Waals surface area contributed by atoms with Crippen molar-refractivity contribution < 1.29 is 8.42 Å². The lowest BCUT2D eigenvalue weighted by Crippen LogP contribution is -2.42. The van der Waals surface area contributed by atoms with E-state index >= 15 is 0 Å². The van der Waals surface area contributed by atoms with Crippen molar-refractivity contribution in [2.24, 2.45) is 0 Å². The van der Waals surface area contributed by atoms with Gasteiger partial charge in [0.1, 0.15) is 0 Å². The molecule has 1 aromatic rings. The van der Waals surface area contributed by atoms with Gasteiger partial charge in [-0.15, -0.1) is 0 Å². The summed E-state index contributed by atoms with van der Waals surface area (Å²) in [5.41, 5.74) is 5.08. The van der Waals surface area contributed by atoms with Crippen molar-refractivity contribution in [1.82, 2.24) is 4.31 Å². The van der Waals surface area contributed by atoms with Crippen molar-refractivity contribution in [1.29, 1.82) is 0 Å². The minimum atomic E-state index is -3.49. The maximum atomic E-state index is 13.2. The van der Waals surface area contributed by atoms with Crippen LogP contribution in [0.5, 0.6) is 0 Å². The Balaban J connectivity index is 3.75. The Morgan fingerprint density at radius 2 is 0.952 bits per heavy atom. The van der Waals surface area contributed by atoms with Gasteiger partial charge in [-0.2, -0.15) is 4.31 Å². The molecule has 0 aliphatic rings. The summed E-state index contributed by atoms with van der Waals surface area (Å²) < 4.78 is 28.0. The molecular formula is C17H29NO2S. The molecule has 0 bridgehead atoms. The van der Waals surface area contributed by atoms with Crippen LogP contribution < -0.4 is 0 Å². The standard InChI is InChI=1S/C17H29NO2S/c1-10(2)18(11(3)4)21(19,20)17-15(8)13(6)12(5)14(7)16(17)9/h10-11H,1-9H3. The van der Waals surface area contributed by atoms with E-state index in [2.05, 4.69) is 6.92 Å². The van der Waals surface area contributed by atoms with Crippen molar-refractivity contribution in [3.8, 4) is 0 Å². The highest BCUT2D eigenvalue weighted by Crippen LogP contribution is 2.32. The lowest BCUT2D eigenvalue weighted by Gasteiger charge is -2.31. The second-order valence-electron chi connectivity index (χ2n) is 6.48. The molecule has 0 unspecified atom stereocenters. The fourth-order valence-electron chi connectivity index (χ4n) is 3.11. The third-order valence-corrected chi connectivity index (χ3v) is 7.01. The molecule has 0 aliphatic carbocycles. The normalized spacial score (nSPS) is 12.8. The number of hydrogen-bond donors (Lipinski definition) is 0. The minimum absolute atomic E-state index is 0.0595. The maximum Gasteiger partial charge on any atom is 0.244 e. The highest BCUT2D eigenvalue weighted by atomic mass is 32.2. The third-order valence-electron chi connectivity index (χ3n) is 4.48. The molecule has 0 amide bonds.